The molecule has 1 saturated heterocycles. The molecular formula is C19H29BFNO5. The topological polar surface area (TPSA) is 66.0 Å². The molecule has 0 radical (unpaired) electrons. The Balaban J connectivity index is 2.36. The van der Waals surface area contributed by atoms with Crippen molar-refractivity contribution in [2.24, 2.45) is 5.41 Å². The van der Waals surface area contributed by atoms with Crippen molar-refractivity contribution in [2.75, 3.05) is 19.0 Å². The number of carbonyl (C=O) groups is 1. The fourth-order valence-electron chi connectivity index (χ4n) is 2.60. The van der Waals surface area contributed by atoms with Gasteiger partial charge in [-0.1, -0.05) is 13.8 Å². The van der Waals surface area contributed by atoms with E-state index in [1.165, 1.54) is 19.2 Å². The van der Waals surface area contributed by atoms with E-state index in [1.807, 2.05) is 27.7 Å². The minimum atomic E-state index is -0.821. The SMILES string of the molecule is COc1c(NC(=O)OC(C)(C)C)cc(F)cc1B1OCC(C)(C)C(C)(C)O1. The first-order valence-electron chi connectivity index (χ1n) is 8.92. The van der Waals surface area contributed by atoms with Crippen LogP contribution in [0.1, 0.15) is 48.5 Å². The van der Waals surface area contributed by atoms with Gasteiger partial charge in [0.25, 0.3) is 0 Å². The monoisotopic (exact) mass is 381 g/mol. The molecule has 150 valence electrons. The van der Waals surface area contributed by atoms with E-state index in [-0.39, 0.29) is 16.9 Å². The van der Waals surface area contributed by atoms with Crippen molar-refractivity contribution in [3.8, 4) is 5.75 Å². The molecule has 1 aromatic rings. The molecule has 1 aliphatic rings. The standard InChI is InChI=1S/C19H29BFNO5/c1-17(2,3)26-16(23)22-14-10-12(21)9-13(15(14)24-8)20-25-11-18(4,5)19(6,7)27-20/h9-10H,11H2,1-8H3,(H,22,23). The van der Waals surface area contributed by atoms with Gasteiger partial charge in [0.2, 0.25) is 0 Å². The minimum absolute atomic E-state index is 0.150. The van der Waals surface area contributed by atoms with Crippen molar-refractivity contribution in [1.29, 1.82) is 0 Å². The Morgan fingerprint density at radius 2 is 1.89 bits per heavy atom. The molecular weight excluding hydrogens is 352 g/mol. The van der Waals surface area contributed by atoms with Crippen molar-refractivity contribution in [2.45, 2.75) is 59.7 Å². The van der Waals surface area contributed by atoms with Gasteiger partial charge < -0.3 is 18.8 Å². The zero-order valence-corrected chi connectivity index (χ0v) is 17.4. The largest absolute Gasteiger partial charge is 0.498 e. The van der Waals surface area contributed by atoms with E-state index in [4.69, 9.17) is 18.8 Å². The second-order valence-corrected chi connectivity index (χ2v) is 8.86. The van der Waals surface area contributed by atoms with Crippen molar-refractivity contribution in [1.82, 2.24) is 0 Å². The third kappa shape index (κ3) is 4.93. The van der Waals surface area contributed by atoms with Gasteiger partial charge in [-0.25, -0.2) is 9.18 Å². The highest BCUT2D eigenvalue weighted by Crippen LogP contribution is 2.39. The molecule has 0 spiro atoms. The summed E-state index contributed by atoms with van der Waals surface area (Å²) in [7, 11) is 0.618. The quantitative estimate of drug-likeness (QED) is 0.809. The van der Waals surface area contributed by atoms with Gasteiger partial charge in [0.15, 0.2) is 0 Å². The summed E-state index contributed by atoms with van der Waals surface area (Å²) in [5, 5.41) is 2.54. The summed E-state index contributed by atoms with van der Waals surface area (Å²) in [6.45, 7) is 13.7. The van der Waals surface area contributed by atoms with Gasteiger partial charge in [-0.15, -0.1) is 0 Å². The maximum atomic E-state index is 14.3. The van der Waals surface area contributed by atoms with Crippen LogP contribution in [0.25, 0.3) is 0 Å². The molecule has 0 unspecified atom stereocenters. The third-order valence-electron chi connectivity index (χ3n) is 4.80. The Kier molecular flexibility index (Phi) is 5.83. The summed E-state index contributed by atoms with van der Waals surface area (Å²) in [6, 6.07) is 2.46. The summed E-state index contributed by atoms with van der Waals surface area (Å²) in [5.41, 5.74) is -0.893. The molecule has 1 N–H and O–H groups in total. The number of nitrogens with one attached hydrogen (secondary N) is 1. The molecule has 8 heteroatoms. The van der Waals surface area contributed by atoms with Gasteiger partial charge in [-0.3, -0.25) is 5.32 Å². The molecule has 1 fully saturated rings. The van der Waals surface area contributed by atoms with E-state index in [9.17, 15) is 9.18 Å². The first kappa shape index (κ1) is 21.5. The number of carbonyl (C=O) groups excluding carboxylic acids is 1. The molecule has 0 aliphatic carbocycles. The highest BCUT2D eigenvalue weighted by molar-refractivity contribution is 6.63. The van der Waals surface area contributed by atoms with Crippen LogP contribution < -0.4 is 15.5 Å². The molecule has 1 aliphatic heterocycles. The van der Waals surface area contributed by atoms with Crippen LogP contribution in [-0.4, -0.2) is 38.1 Å². The number of hydrogen-bond acceptors (Lipinski definition) is 5. The predicted octanol–water partition coefficient (Wildman–Crippen LogP) is 3.73. The highest BCUT2D eigenvalue weighted by Gasteiger charge is 2.48. The zero-order valence-electron chi connectivity index (χ0n) is 17.4. The second-order valence-electron chi connectivity index (χ2n) is 8.86. The van der Waals surface area contributed by atoms with Gasteiger partial charge in [-0.2, -0.15) is 0 Å². The lowest BCUT2D eigenvalue weighted by Gasteiger charge is -2.47. The van der Waals surface area contributed by atoms with Crippen LogP contribution in [-0.2, 0) is 14.0 Å². The number of benzene rings is 1. The van der Waals surface area contributed by atoms with Gasteiger partial charge in [0.05, 0.1) is 18.4 Å². The number of rotatable bonds is 3. The van der Waals surface area contributed by atoms with Gasteiger partial charge >= 0.3 is 13.2 Å². The maximum absolute atomic E-state index is 14.3. The van der Waals surface area contributed by atoms with Gasteiger partial charge in [-0.05, 0) is 40.7 Å². The van der Waals surface area contributed by atoms with E-state index in [0.29, 0.717) is 12.1 Å². The van der Waals surface area contributed by atoms with Gasteiger partial charge in [0.1, 0.15) is 17.2 Å². The fourth-order valence-corrected chi connectivity index (χ4v) is 2.60. The van der Waals surface area contributed by atoms with Crippen LogP contribution in [0.2, 0.25) is 0 Å². The Hall–Kier alpha value is -1.80. The van der Waals surface area contributed by atoms with Crippen LogP contribution in [0.3, 0.4) is 0 Å². The second kappa shape index (κ2) is 7.32. The van der Waals surface area contributed by atoms with E-state index >= 15 is 0 Å². The lowest BCUT2D eigenvalue weighted by Crippen LogP contribution is -2.58. The summed E-state index contributed by atoms with van der Waals surface area (Å²) in [6.07, 6.45) is -0.704. The van der Waals surface area contributed by atoms with Crippen LogP contribution in [0.15, 0.2) is 12.1 Å². The number of halogens is 1. The van der Waals surface area contributed by atoms with E-state index in [0.717, 1.165) is 0 Å². The number of amides is 1. The van der Waals surface area contributed by atoms with Crippen LogP contribution in [0.4, 0.5) is 14.9 Å². The smallest absolute Gasteiger partial charge is 0.495 e. The Labute approximate surface area is 160 Å². The average Bonchev–Trinajstić information content (AvgIpc) is 2.47. The van der Waals surface area contributed by atoms with Crippen LogP contribution in [0.5, 0.6) is 5.75 Å². The van der Waals surface area contributed by atoms with Crippen LogP contribution in [0, 0.1) is 11.2 Å². The lowest BCUT2D eigenvalue weighted by atomic mass is 9.68. The normalized spacial score (nSPS) is 18.8. The fraction of sp³-hybridized carbons (Fsp3) is 0.632. The van der Waals surface area contributed by atoms with E-state index in [1.54, 1.807) is 20.8 Å². The molecule has 1 amide bonds. The number of methoxy groups -OCH3 is 1. The van der Waals surface area contributed by atoms with Crippen molar-refractivity contribution < 1.29 is 28.0 Å². The Morgan fingerprint density at radius 3 is 2.41 bits per heavy atom. The molecule has 27 heavy (non-hydrogen) atoms. The minimum Gasteiger partial charge on any atom is -0.495 e. The molecule has 0 atom stereocenters. The summed E-state index contributed by atoms with van der Waals surface area (Å²) in [4.78, 5) is 12.1. The summed E-state index contributed by atoms with van der Waals surface area (Å²) < 4.78 is 36.9. The number of ether oxygens (including phenoxy) is 2. The lowest BCUT2D eigenvalue weighted by molar-refractivity contribution is -0.0938. The Bertz CT molecular complexity index is 715. The molecule has 1 aromatic carbocycles. The summed E-state index contributed by atoms with van der Waals surface area (Å²) in [5.74, 6) is -0.283. The van der Waals surface area contributed by atoms with E-state index in [2.05, 4.69) is 5.32 Å². The average molecular weight is 381 g/mol. The zero-order chi connectivity index (χ0) is 20.6. The van der Waals surface area contributed by atoms with Crippen molar-refractivity contribution >= 4 is 24.4 Å². The van der Waals surface area contributed by atoms with Crippen molar-refractivity contribution in [3.63, 3.8) is 0 Å². The number of hydrogen-bond donors (Lipinski definition) is 1. The molecule has 0 saturated carbocycles. The highest BCUT2D eigenvalue weighted by atomic mass is 19.1. The predicted molar refractivity (Wildman–Crippen MR) is 103 cm³/mol. The first-order valence-corrected chi connectivity index (χ1v) is 8.92. The maximum Gasteiger partial charge on any atom is 0.498 e. The summed E-state index contributed by atoms with van der Waals surface area (Å²) >= 11 is 0. The Morgan fingerprint density at radius 1 is 1.26 bits per heavy atom. The van der Waals surface area contributed by atoms with Crippen LogP contribution >= 0.6 is 0 Å². The van der Waals surface area contributed by atoms with E-state index < -0.39 is 30.2 Å². The van der Waals surface area contributed by atoms with Gasteiger partial charge in [0, 0.05) is 23.6 Å². The first-order chi connectivity index (χ1) is 12.3. The molecule has 2 rings (SSSR count). The molecule has 1 heterocycles. The third-order valence-corrected chi connectivity index (χ3v) is 4.80. The number of anilines is 1. The molecule has 6 nitrogen and oxygen atoms in total. The van der Waals surface area contributed by atoms with Crippen molar-refractivity contribution in [3.05, 3.63) is 17.9 Å². The molecule has 0 bridgehead atoms. The molecule has 0 aromatic heterocycles.